The number of esters is 1. The molecule has 0 saturated heterocycles. The number of carbonyl (C=O) groups excluding carboxylic acids is 1. The Morgan fingerprint density at radius 1 is 1.00 bits per heavy atom. The number of carbonyl (C=O) groups is 1. The highest BCUT2D eigenvalue weighted by Gasteiger charge is 2.15. The van der Waals surface area contributed by atoms with E-state index in [1.165, 1.54) is 10.9 Å². The van der Waals surface area contributed by atoms with E-state index in [9.17, 15) is 9.59 Å². The van der Waals surface area contributed by atoms with E-state index in [0.717, 1.165) is 10.0 Å². The lowest BCUT2D eigenvalue weighted by molar-refractivity contribution is 0.0728. The minimum absolute atomic E-state index is 0.258. The first-order valence-electron chi connectivity index (χ1n) is 12.0. The van der Waals surface area contributed by atoms with Gasteiger partial charge in [0.2, 0.25) is 0 Å². The molecule has 0 atom stereocenters. The molecule has 0 saturated carbocycles. The van der Waals surface area contributed by atoms with Crippen LogP contribution in [0.1, 0.15) is 22.8 Å². The first-order chi connectivity index (χ1) is 18.9. The molecule has 5 aromatic rings. The molecule has 194 valence electrons. The molecule has 0 bridgehead atoms. The Bertz CT molecular complexity index is 1750. The molecule has 0 radical (unpaired) electrons. The Morgan fingerprint density at radius 2 is 1.74 bits per heavy atom. The van der Waals surface area contributed by atoms with Gasteiger partial charge in [0.15, 0.2) is 17.3 Å². The first-order valence-corrected chi connectivity index (χ1v) is 13.2. The number of fused-ring (bicyclic) bond motifs is 1. The van der Waals surface area contributed by atoms with E-state index in [1.54, 1.807) is 60.7 Å². The molecule has 39 heavy (non-hydrogen) atoms. The maximum Gasteiger partial charge on any atom is 0.343 e. The van der Waals surface area contributed by atoms with Gasteiger partial charge in [-0.15, -0.1) is 0 Å². The van der Waals surface area contributed by atoms with E-state index >= 15 is 0 Å². The molecule has 0 aliphatic carbocycles. The molecule has 1 aromatic heterocycles. The lowest BCUT2D eigenvalue weighted by Gasteiger charge is -2.12. The Labute approximate surface area is 237 Å². The van der Waals surface area contributed by atoms with Gasteiger partial charge in [0.25, 0.3) is 5.56 Å². The predicted octanol–water partition coefficient (Wildman–Crippen LogP) is 6.98. The first kappa shape index (κ1) is 26.3. The van der Waals surface area contributed by atoms with Crippen LogP contribution in [0.15, 0.2) is 105 Å². The summed E-state index contributed by atoms with van der Waals surface area (Å²) in [4.78, 5) is 30.8. The standard InChI is InChI=1S/C30H21BrClN3O4/c1-2-38-27-17-19(7-16-26(27)39-30(37)21-10-14-23(32)15-11-21)18-33-35-28(20-8-12-22(31)13-9-20)34-25-6-4-3-5-24(25)29(35)36/h3-18H,2H2,1H3. The van der Waals surface area contributed by atoms with Crippen molar-refractivity contribution < 1.29 is 14.3 Å². The van der Waals surface area contributed by atoms with Crippen LogP contribution >= 0.6 is 27.5 Å². The molecule has 1 heterocycles. The van der Waals surface area contributed by atoms with Crippen molar-refractivity contribution in [2.75, 3.05) is 6.61 Å². The highest BCUT2D eigenvalue weighted by atomic mass is 79.9. The fourth-order valence-electron chi connectivity index (χ4n) is 3.84. The third kappa shape index (κ3) is 5.92. The summed E-state index contributed by atoms with van der Waals surface area (Å²) in [5, 5.41) is 5.48. The average Bonchev–Trinajstić information content (AvgIpc) is 2.94. The summed E-state index contributed by atoms with van der Waals surface area (Å²) in [6.07, 6.45) is 1.54. The molecule has 0 spiro atoms. The number of halogens is 2. The Morgan fingerprint density at radius 3 is 2.49 bits per heavy atom. The number of aromatic nitrogens is 2. The summed E-state index contributed by atoms with van der Waals surface area (Å²) < 4.78 is 13.5. The van der Waals surface area contributed by atoms with Gasteiger partial charge in [-0.05, 0) is 79.2 Å². The highest BCUT2D eigenvalue weighted by molar-refractivity contribution is 9.10. The fraction of sp³-hybridized carbons (Fsp3) is 0.0667. The van der Waals surface area contributed by atoms with Crippen molar-refractivity contribution >= 4 is 50.6 Å². The minimum Gasteiger partial charge on any atom is -0.490 e. The van der Waals surface area contributed by atoms with Crippen LogP contribution in [0.3, 0.4) is 0 Å². The molecular weight excluding hydrogens is 582 g/mol. The normalized spacial score (nSPS) is 11.2. The third-order valence-corrected chi connectivity index (χ3v) is 6.51. The van der Waals surface area contributed by atoms with Crippen molar-refractivity contribution in [1.82, 2.24) is 9.66 Å². The maximum atomic E-state index is 13.4. The highest BCUT2D eigenvalue weighted by Crippen LogP contribution is 2.29. The van der Waals surface area contributed by atoms with Crippen molar-refractivity contribution in [2.24, 2.45) is 5.10 Å². The second-order valence-corrected chi connectivity index (χ2v) is 9.71. The Balaban J connectivity index is 1.51. The molecule has 0 unspecified atom stereocenters. The number of ether oxygens (including phenoxy) is 2. The van der Waals surface area contributed by atoms with Crippen LogP contribution in [0.4, 0.5) is 0 Å². The smallest absolute Gasteiger partial charge is 0.343 e. The van der Waals surface area contributed by atoms with Crippen LogP contribution in [0, 0.1) is 0 Å². The van der Waals surface area contributed by atoms with Gasteiger partial charge < -0.3 is 9.47 Å². The molecular formula is C30H21BrClN3O4. The summed E-state index contributed by atoms with van der Waals surface area (Å²) in [5.74, 6) is 0.484. The second-order valence-electron chi connectivity index (χ2n) is 8.36. The van der Waals surface area contributed by atoms with Gasteiger partial charge in [-0.3, -0.25) is 4.79 Å². The number of benzene rings is 4. The zero-order valence-corrected chi connectivity index (χ0v) is 23.0. The third-order valence-electron chi connectivity index (χ3n) is 5.73. The van der Waals surface area contributed by atoms with Crippen molar-refractivity contribution in [3.63, 3.8) is 0 Å². The molecule has 7 nitrogen and oxygen atoms in total. The van der Waals surface area contributed by atoms with E-state index in [2.05, 4.69) is 21.0 Å². The number of nitrogens with zero attached hydrogens (tertiary/aromatic N) is 3. The minimum atomic E-state index is -0.540. The summed E-state index contributed by atoms with van der Waals surface area (Å²) in [6.45, 7) is 2.18. The SMILES string of the molecule is CCOc1cc(C=Nn2c(-c3ccc(Br)cc3)nc3ccccc3c2=O)ccc1OC(=O)c1ccc(Cl)cc1. The molecule has 5 rings (SSSR count). The van der Waals surface area contributed by atoms with E-state index in [0.29, 0.717) is 45.2 Å². The second kappa shape index (κ2) is 11.6. The lowest BCUT2D eigenvalue weighted by atomic mass is 10.2. The predicted molar refractivity (Wildman–Crippen MR) is 156 cm³/mol. The van der Waals surface area contributed by atoms with Gasteiger partial charge in [0.05, 0.1) is 29.3 Å². The van der Waals surface area contributed by atoms with E-state index < -0.39 is 5.97 Å². The van der Waals surface area contributed by atoms with Gasteiger partial charge in [-0.2, -0.15) is 9.78 Å². The zero-order chi connectivity index (χ0) is 27.4. The van der Waals surface area contributed by atoms with Crippen LogP contribution in [0.5, 0.6) is 11.5 Å². The largest absolute Gasteiger partial charge is 0.490 e. The summed E-state index contributed by atoms with van der Waals surface area (Å²) in [7, 11) is 0. The van der Waals surface area contributed by atoms with Crippen molar-refractivity contribution in [3.8, 4) is 22.9 Å². The van der Waals surface area contributed by atoms with Gasteiger partial charge >= 0.3 is 5.97 Å². The van der Waals surface area contributed by atoms with Crippen molar-refractivity contribution in [2.45, 2.75) is 6.92 Å². The molecule has 0 fully saturated rings. The Hall–Kier alpha value is -4.27. The molecule has 0 N–H and O–H groups in total. The lowest BCUT2D eigenvalue weighted by Crippen LogP contribution is -2.20. The van der Waals surface area contributed by atoms with Crippen molar-refractivity contribution in [1.29, 1.82) is 0 Å². The van der Waals surface area contributed by atoms with Crippen LogP contribution in [0.25, 0.3) is 22.3 Å². The van der Waals surface area contributed by atoms with E-state index in [-0.39, 0.29) is 11.3 Å². The summed E-state index contributed by atoms with van der Waals surface area (Å²) >= 11 is 9.35. The number of hydrogen-bond acceptors (Lipinski definition) is 6. The van der Waals surface area contributed by atoms with E-state index in [1.807, 2.05) is 37.3 Å². The van der Waals surface area contributed by atoms with Crippen LogP contribution in [-0.2, 0) is 0 Å². The van der Waals surface area contributed by atoms with Crippen LogP contribution < -0.4 is 15.0 Å². The van der Waals surface area contributed by atoms with Gasteiger partial charge in [0.1, 0.15) is 0 Å². The molecule has 4 aromatic carbocycles. The number of para-hydroxylation sites is 1. The van der Waals surface area contributed by atoms with Gasteiger partial charge in [0, 0.05) is 15.1 Å². The van der Waals surface area contributed by atoms with Gasteiger partial charge in [-0.1, -0.05) is 51.8 Å². The molecule has 9 heteroatoms. The number of rotatable bonds is 7. The molecule has 0 amide bonds. The quantitative estimate of drug-likeness (QED) is 0.114. The number of hydrogen-bond donors (Lipinski definition) is 0. The summed E-state index contributed by atoms with van der Waals surface area (Å²) in [6, 6.07) is 26.1. The summed E-state index contributed by atoms with van der Waals surface area (Å²) in [5.41, 5.74) is 2.01. The van der Waals surface area contributed by atoms with E-state index in [4.69, 9.17) is 26.1 Å². The van der Waals surface area contributed by atoms with Crippen LogP contribution in [-0.4, -0.2) is 28.5 Å². The van der Waals surface area contributed by atoms with Crippen molar-refractivity contribution in [3.05, 3.63) is 122 Å². The monoisotopic (exact) mass is 601 g/mol. The van der Waals surface area contributed by atoms with Crippen LogP contribution in [0.2, 0.25) is 5.02 Å². The fourth-order valence-corrected chi connectivity index (χ4v) is 4.23. The Kier molecular flexibility index (Phi) is 7.86. The molecule has 0 aliphatic rings. The zero-order valence-electron chi connectivity index (χ0n) is 20.7. The van der Waals surface area contributed by atoms with Gasteiger partial charge in [-0.25, -0.2) is 9.78 Å². The maximum absolute atomic E-state index is 13.4. The topological polar surface area (TPSA) is 82.8 Å². The molecule has 0 aliphatic heterocycles. The average molecular weight is 603 g/mol.